The zero-order chi connectivity index (χ0) is 21.0. The fraction of sp³-hybridized carbons (Fsp3) is 0.318. The van der Waals surface area contributed by atoms with Gasteiger partial charge in [-0.2, -0.15) is 0 Å². The highest BCUT2D eigenvalue weighted by Gasteiger charge is 2.34. The monoisotopic (exact) mass is 415 g/mol. The number of aromatic hydroxyl groups is 2. The van der Waals surface area contributed by atoms with Crippen molar-refractivity contribution in [1.29, 1.82) is 0 Å². The fourth-order valence-electron chi connectivity index (χ4n) is 3.47. The second-order valence-corrected chi connectivity index (χ2v) is 7.28. The topological polar surface area (TPSA) is 84.8 Å². The molecule has 1 unspecified atom stereocenters. The summed E-state index contributed by atoms with van der Waals surface area (Å²) >= 11 is 6.08. The summed E-state index contributed by atoms with van der Waals surface area (Å²) in [6.45, 7) is 6.14. The summed E-state index contributed by atoms with van der Waals surface area (Å²) in [6.07, 6.45) is 2.41. The van der Waals surface area contributed by atoms with Gasteiger partial charge >= 0.3 is 0 Å². The minimum Gasteiger partial charge on any atom is -0.507 e. The Morgan fingerprint density at radius 2 is 1.86 bits per heavy atom. The van der Waals surface area contributed by atoms with Crippen molar-refractivity contribution in [1.82, 2.24) is 10.6 Å². The molecule has 0 fully saturated rings. The van der Waals surface area contributed by atoms with Crippen LogP contribution >= 0.6 is 11.6 Å². The van der Waals surface area contributed by atoms with Crippen molar-refractivity contribution in [3.8, 4) is 11.5 Å². The normalized spacial score (nSPS) is 16.0. The van der Waals surface area contributed by atoms with Gasteiger partial charge in [0.15, 0.2) is 0 Å². The van der Waals surface area contributed by atoms with Gasteiger partial charge in [0.25, 0.3) is 0 Å². The molecular formula is C22H26ClN3O3. The predicted octanol–water partition coefficient (Wildman–Crippen LogP) is 3.62. The van der Waals surface area contributed by atoms with Crippen LogP contribution in [0.5, 0.6) is 11.5 Å². The molecule has 1 amide bonds. The largest absolute Gasteiger partial charge is 0.507 e. The van der Waals surface area contributed by atoms with Crippen molar-refractivity contribution in [3.05, 3.63) is 58.6 Å². The van der Waals surface area contributed by atoms with Crippen molar-refractivity contribution in [2.45, 2.75) is 32.9 Å². The molecule has 2 aromatic rings. The van der Waals surface area contributed by atoms with Crippen LogP contribution in [0.15, 0.2) is 42.5 Å². The van der Waals surface area contributed by atoms with E-state index < -0.39 is 6.04 Å². The fourth-order valence-corrected chi connectivity index (χ4v) is 3.63. The molecule has 0 saturated heterocycles. The number of rotatable bonds is 7. The van der Waals surface area contributed by atoms with E-state index in [2.05, 4.69) is 17.6 Å². The second kappa shape index (κ2) is 9.20. The molecule has 7 heteroatoms. The first-order chi connectivity index (χ1) is 14.0. The van der Waals surface area contributed by atoms with Crippen molar-refractivity contribution in [3.63, 3.8) is 0 Å². The molecule has 0 spiro atoms. The minimum absolute atomic E-state index is 0.0835. The maximum atomic E-state index is 12.7. The zero-order valence-corrected chi connectivity index (χ0v) is 17.3. The molecule has 1 aliphatic heterocycles. The number of halogens is 1. The summed E-state index contributed by atoms with van der Waals surface area (Å²) in [5, 5.41) is 26.5. The molecule has 1 aliphatic rings. The van der Waals surface area contributed by atoms with E-state index in [9.17, 15) is 15.0 Å². The number of amides is 1. The van der Waals surface area contributed by atoms with E-state index in [1.54, 1.807) is 0 Å². The molecule has 154 valence electrons. The van der Waals surface area contributed by atoms with Gasteiger partial charge in [0.2, 0.25) is 5.91 Å². The number of hydrogen-bond acceptors (Lipinski definition) is 5. The molecule has 29 heavy (non-hydrogen) atoms. The zero-order valence-electron chi connectivity index (χ0n) is 16.6. The second-order valence-electron chi connectivity index (χ2n) is 6.87. The molecule has 0 aliphatic carbocycles. The van der Waals surface area contributed by atoms with E-state index in [-0.39, 0.29) is 22.4 Å². The predicted molar refractivity (Wildman–Crippen MR) is 116 cm³/mol. The molecular weight excluding hydrogens is 390 g/mol. The summed E-state index contributed by atoms with van der Waals surface area (Å²) in [5.41, 5.74) is 3.13. The van der Waals surface area contributed by atoms with E-state index in [1.165, 1.54) is 12.1 Å². The molecule has 1 heterocycles. The Balaban J connectivity index is 2.00. The number of benzene rings is 2. The number of nitrogens with one attached hydrogen (secondary N) is 2. The van der Waals surface area contributed by atoms with Gasteiger partial charge in [-0.15, -0.1) is 0 Å². The van der Waals surface area contributed by atoms with E-state index in [4.69, 9.17) is 11.6 Å². The highest BCUT2D eigenvalue weighted by Crippen LogP contribution is 2.41. The van der Waals surface area contributed by atoms with Crippen LogP contribution in [0.3, 0.4) is 0 Å². The standard InChI is InChI=1S/C22H26ClN3O3/c1-3-24-13-14-5-7-15(8-6-14)26-18(9-10-19(26)22(29)25-4-2)16-11-17(23)21(28)12-20(16)27/h5-9,11-12,19,24,27-28H,3-4,10,13H2,1-2H3,(H,25,29). The number of phenols is 2. The smallest absolute Gasteiger partial charge is 0.243 e. The van der Waals surface area contributed by atoms with Crippen LogP contribution in [0.2, 0.25) is 5.02 Å². The van der Waals surface area contributed by atoms with Gasteiger partial charge < -0.3 is 25.7 Å². The highest BCUT2D eigenvalue weighted by molar-refractivity contribution is 6.32. The van der Waals surface area contributed by atoms with E-state index in [0.29, 0.717) is 24.2 Å². The Kier molecular flexibility index (Phi) is 6.67. The summed E-state index contributed by atoms with van der Waals surface area (Å²) in [7, 11) is 0. The molecule has 0 radical (unpaired) electrons. The van der Waals surface area contributed by atoms with Gasteiger partial charge in [-0.1, -0.05) is 36.7 Å². The maximum Gasteiger partial charge on any atom is 0.243 e. The average molecular weight is 416 g/mol. The highest BCUT2D eigenvalue weighted by atomic mass is 35.5. The van der Waals surface area contributed by atoms with Crippen LogP contribution in [0.1, 0.15) is 31.4 Å². The van der Waals surface area contributed by atoms with Gasteiger partial charge in [-0.3, -0.25) is 4.79 Å². The van der Waals surface area contributed by atoms with Crippen LogP contribution in [-0.2, 0) is 11.3 Å². The molecule has 0 aromatic heterocycles. The molecule has 0 saturated carbocycles. The van der Waals surface area contributed by atoms with Crippen molar-refractivity contribution in [2.24, 2.45) is 0 Å². The van der Waals surface area contributed by atoms with Gasteiger partial charge in [0.05, 0.1) is 5.02 Å². The number of hydrogen-bond donors (Lipinski definition) is 4. The lowest BCUT2D eigenvalue weighted by Crippen LogP contribution is -2.43. The first-order valence-corrected chi connectivity index (χ1v) is 10.1. The number of phenolic OH excluding ortho intramolecular Hbond substituents is 2. The number of carbonyl (C=O) groups excluding carboxylic acids is 1. The molecule has 1 atom stereocenters. The van der Waals surface area contributed by atoms with Crippen LogP contribution in [-0.4, -0.2) is 35.3 Å². The molecule has 0 bridgehead atoms. The van der Waals surface area contributed by atoms with Crippen LogP contribution in [0.4, 0.5) is 5.69 Å². The lowest BCUT2D eigenvalue weighted by Gasteiger charge is -2.30. The summed E-state index contributed by atoms with van der Waals surface area (Å²) in [5.74, 6) is -0.366. The summed E-state index contributed by atoms with van der Waals surface area (Å²) in [6, 6.07) is 10.3. The SMILES string of the molecule is CCNCc1ccc(N2C(c3cc(Cl)c(O)cc3O)=CCC2C(=O)NCC)cc1. The first-order valence-electron chi connectivity index (χ1n) is 9.74. The van der Waals surface area contributed by atoms with Crippen LogP contribution in [0, 0.1) is 0 Å². The summed E-state index contributed by atoms with van der Waals surface area (Å²) in [4.78, 5) is 14.6. The Hall–Kier alpha value is -2.70. The van der Waals surface area contributed by atoms with E-state index >= 15 is 0 Å². The third kappa shape index (κ3) is 4.49. The number of likely N-dealkylation sites (N-methyl/N-ethyl adjacent to an activating group) is 1. The lowest BCUT2D eigenvalue weighted by atomic mass is 10.1. The average Bonchev–Trinajstić information content (AvgIpc) is 3.14. The van der Waals surface area contributed by atoms with Gasteiger partial charge in [0.1, 0.15) is 17.5 Å². The van der Waals surface area contributed by atoms with Gasteiger partial charge in [-0.25, -0.2) is 0 Å². The number of nitrogens with zero attached hydrogens (tertiary/aromatic N) is 1. The third-order valence-electron chi connectivity index (χ3n) is 4.89. The number of anilines is 1. The van der Waals surface area contributed by atoms with Crippen molar-refractivity contribution >= 4 is 28.9 Å². The van der Waals surface area contributed by atoms with E-state index in [0.717, 1.165) is 24.3 Å². The third-order valence-corrected chi connectivity index (χ3v) is 5.20. The summed E-state index contributed by atoms with van der Waals surface area (Å²) < 4.78 is 0. The lowest BCUT2D eigenvalue weighted by molar-refractivity contribution is -0.121. The van der Waals surface area contributed by atoms with Crippen LogP contribution in [0.25, 0.3) is 5.70 Å². The Morgan fingerprint density at radius 3 is 2.52 bits per heavy atom. The Labute approximate surface area is 175 Å². The maximum absolute atomic E-state index is 12.7. The van der Waals surface area contributed by atoms with E-state index in [1.807, 2.05) is 42.2 Å². The van der Waals surface area contributed by atoms with Crippen LogP contribution < -0.4 is 15.5 Å². The molecule has 2 aromatic carbocycles. The molecule has 6 nitrogen and oxygen atoms in total. The molecule has 3 rings (SSSR count). The van der Waals surface area contributed by atoms with Gasteiger partial charge in [-0.05, 0) is 43.7 Å². The van der Waals surface area contributed by atoms with Crippen molar-refractivity contribution < 1.29 is 15.0 Å². The van der Waals surface area contributed by atoms with Gasteiger partial charge in [0, 0.05) is 36.1 Å². The minimum atomic E-state index is -0.434. The van der Waals surface area contributed by atoms with Crippen molar-refractivity contribution in [2.75, 3.05) is 18.0 Å². The first kappa shape index (κ1) is 21.0. The Morgan fingerprint density at radius 1 is 1.14 bits per heavy atom. The number of carbonyl (C=O) groups is 1. The Bertz CT molecular complexity index is 912. The molecule has 4 N–H and O–H groups in total. The quantitative estimate of drug-likeness (QED) is 0.555.